The number of rotatable bonds is 7. The van der Waals surface area contributed by atoms with Crippen LogP contribution in [0.1, 0.15) is 65.5 Å². The van der Waals surface area contributed by atoms with Gasteiger partial charge in [0, 0.05) is 17.5 Å². The predicted octanol–water partition coefficient (Wildman–Crippen LogP) is 5.36. The molecule has 31 heavy (non-hydrogen) atoms. The van der Waals surface area contributed by atoms with Gasteiger partial charge in [0.1, 0.15) is 17.2 Å². The summed E-state index contributed by atoms with van der Waals surface area (Å²) >= 11 is 0. The van der Waals surface area contributed by atoms with Crippen molar-refractivity contribution >= 4 is 17.7 Å². The van der Waals surface area contributed by atoms with Crippen molar-refractivity contribution in [3.63, 3.8) is 0 Å². The van der Waals surface area contributed by atoms with Crippen molar-refractivity contribution < 1.29 is 19.1 Å². The molecule has 0 amide bonds. The van der Waals surface area contributed by atoms with Crippen LogP contribution in [-0.4, -0.2) is 34.9 Å². The summed E-state index contributed by atoms with van der Waals surface area (Å²) in [6.07, 6.45) is 0.272. The molecule has 1 atom stereocenters. The van der Waals surface area contributed by atoms with Gasteiger partial charge in [0.15, 0.2) is 0 Å². The van der Waals surface area contributed by atoms with E-state index in [2.05, 4.69) is 0 Å². The molecule has 0 N–H and O–H groups in total. The Bertz CT molecular complexity index is 849. The summed E-state index contributed by atoms with van der Waals surface area (Å²) in [6.45, 7) is 10.9. The molecule has 0 saturated heterocycles. The molecule has 0 aromatic heterocycles. The largest absolute Gasteiger partial charge is 0.460 e. The Hall–Kier alpha value is -2.95. The van der Waals surface area contributed by atoms with Crippen LogP contribution >= 0.6 is 0 Å². The lowest BCUT2D eigenvalue weighted by molar-refractivity contribution is -0.157. The molecule has 5 nitrogen and oxygen atoms in total. The Labute approximate surface area is 185 Å². The van der Waals surface area contributed by atoms with E-state index in [1.165, 1.54) is 0 Å². The molecule has 2 rings (SSSR count). The van der Waals surface area contributed by atoms with Gasteiger partial charge >= 0.3 is 11.9 Å². The monoisotopic (exact) mass is 423 g/mol. The van der Waals surface area contributed by atoms with Crippen LogP contribution in [0.2, 0.25) is 0 Å². The van der Waals surface area contributed by atoms with Crippen molar-refractivity contribution in [1.82, 2.24) is 0 Å². The molecule has 166 valence electrons. The second-order valence-electron chi connectivity index (χ2n) is 9.38. The quantitative estimate of drug-likeness (QED) is 0.444. The fourth-order valence-electron chi connectivity index (χ4n) is 2.92. The Kier molecular flexibility index (Phi) is 8.14. The van der Waals surface area contributed by atoms with E-state index in [9.17, 15) is 9.59 Å². The second-order valence-corrected chi connectivity index (χ2v) is 9.38. The van der Waals surface area contributed by atoms with Gasteiger partial charge in [-0.2, -0.15) is 0 Å². The number of hydrogen-bond acceptors (Lipinski definition) is 5. The minimum atomic E-state index is -0.831. The minimum absolute atomic E-state index is 0.0710. The summed E-state index contributed by atoms with van der Waals surface area (Å²) in [4.78, 5) is 30.1. The average Bonchev–Trinajstić information content (AvgIpc) is 2.66. The van der Waals surface area contributed by atoms with Gasteiger partial charge in [0.2, 0.25) is 0 Å². The van der Waals surface area contributed by atoms with Crippen molar-refractivity contribution in [2.45, 2.75) is 71.6 Å². The highest BCUT2D eigenvalue weighted by Gasteiger charge is 2.27. The Morgan fingerprint density at radius 1 is 0.774 bits per heavy atom. The van der Waals surface area contributed by atoms with Gasteiger partial charge in [-0.25, -0.2) is 4.79 Å². The Morgan fingerprint density at radius 3 is 1.65 bits per heavy atom. The molecular weight excluding hydrogens is 390 g/mol. The third-order valence-electron chi connectivity index (χ3n) is 4.10. The van der Waals surface area contributed by atoms with Gasteiger partial charge in [-0.15, -0.1) is 0 Å². The number of hydrogen-bond donors (Lipinski definition) is 0. The topological polar surface area (TPSA) is 65.0 Å². The number of nitrogens with zero attached hydrogens (tertiary/aromatic N) is 1. The van der Waals surface area contributed by atoms with E-state index in [1.807, 2.05) is 102 Å². The summed E-state index contributed by atoms with van der Waals surface area (Å²) in [5.41, 5.74) is 1.22. The van der Waals surface area contributed by atoms with E-state index in [4.69, 9.17) is 14.5 Å². The molecule has 0 bridgehead atoms. The summed E-state index contributed by atoms with van der Waals surface area (Å²) in [6, 6.07) is 18.5. The molecule has 0 radical (unpaired) electrons. The molecule has 0 spiro atoms. The van der Waals surface area contributed by atoms with Crippen LogP contribution in [0, 0.1) is 0 Å². The summed E-state index contributed by atoms with van der Waals surface area (Å²) in [5.74, 6) is -0.822. The standard InChI is InChI=1S/C26H33NO4/c1-25(2,3)30-22(28)18-17-21(24(29)31-26(4,5)6)27-23(19-13-9-7-10-14-19)20-15-11-8-12-16-20/h7-16,21H,17-18H2,1-6H3. The van der Waals surface area contributed by atoms with Gasteiger partial charge in [0.05, 0.1) is 5.71 Å². The molecule has 2 aromatic carbocycles. The highest BCUT2D eigenvalue weighted by atomic mass is 16.6. The fourth-order valence-corrected chi connectivity index (χ4v) is 2.92. The van der Waals surface area contributed by atoms with Gasteiger partial charge in [-0.05, 0) is 48.0 Å². The number of aliphatic imine (C=N–C) groups is 1. The SMILES string of the molecule is CC(C)(C)OC(=O)CCC(N=C(c1ccccc1)c1ccccc1)C(=O)OC(C)(C)C. The molecule has 0 aliphatic carbocycles. The molecular formula is C26H33NO4. The molecule has 2 aromatic rings. The second kappa shape index (κ2) is 10.4. The Balaban J connectivity index is 2.40. The van der Waals surface area contributed by atoms with Crippen molar-refractivity contribution in [3.05, 3.63) is 71.8 Å². The van der Waals surface area contributed by atoms with E-state index in [0.29, 0.717) is 5.71 Å². The van der Waals surface area contributed by atoms with Crippen molar-refractivity contribution in [3.8, 4) is 0 Å². The van der Waals surface area contributed by atoms with Crippen LogP contribution in [0.25, 0.3) is 0 Å². The molecule has 1 unspecified atom stereocenters. The highest BCUT2D eigenvalue weighted by molar-refractivity contribution is 6.13. The first-order valence-electron chi connectivity index (χ1n) is 10.6. The van der Waals surface area contributed by atoms with E-state index >= 15 is 0 Å². The maximum absolute atomic E-state index is 13.0. The van der Waals surface area contributed by atoms with Gasteiger partial charge < -0.3 is 9.47 Å². The lowest BCUT2D eigenvalue weighted by Crippen LogP contribution is -2.32. The zero-order valence-corrected chi connectivity index (χ0v) is 19.3. The van der Waals surface area contributed by atoms with Crippen LogP contribution in [0.3, 0.4) is 0 Å². The molecule has 0 heterocycles. The molecule has 0 aliphatic rings. The normalized spacial score (nSPS) is 12.6. The minimum Gasteiger partial charge on any atom is -0.460 e. The first kappa shape index (κ1) is 24.3. The number of benzene rings is 2. The number of carbonyl (C=O) groups excluding carboxylic acids is 2. The zero-order valence-electron chi connectivity index (χ0n) is 19.3. The van der Waals surface area contributed by atoms with Crippen LogP contribution in [0.15, 0.2) is 65.7 Å². The van der Waals surface area contributed by atoms with Crippen LogP contribution < -0.4 is 0 Å². The molecule has 5 heteroatoms. The number of esters is 2. The smallest absolute Gasteiger partial charge is 0.331 e. The molecule has 0 fully saturated rings. The maximum Gasteiger partial charge on any atom is 0.331 e. The van der Waals surface area contributed by atoms with E-state index in [1.54, 1.807) is 0 Å². The first-order valence-corrected chi connectivity index (χ1v) is 10.6. The third kappa shape index (κ3) is 8.75. The molecule has 0 saturated carbocycles. The van der Waals surface area contributed by atoms with E-state index in [-0.39, 0.29) is 18.8 Å². The number of carbonyl (C=O) groups is 2. The highest BCUT2D eigenvalue weighted by Crippen LogP contribution is 2.19. The third-order valence-corrected chi connectivity index (χ3v) is 4.10. The van der Waals surface area contributed by atoms with Crippen LogP contribution in [0.4, 0.5) is 0 Å². The number of ether oxygens (including phenoxy) is 2. The maximum atomic E-state index is 13.0. The van der Waals surface area contributed by atoms with Crippen molar-refractivity contribution in [2.24, 2.45) is 4.99 Å². The molecule has 0 aliphatic heterocycles. The van der Waals surface area contributed by atoms with E-state index in [0.717, 1.165) is 11.1 Å². The van der Waals surface area contributed by atoms with E-state index < -0.39 is 23.2 Å². The fraction of sp³-hybridized carbons (Fsp3) is 0.423. The van der Waals surface area contributed by atoms with Crippen LogP contribution in [-0.2, 0) is 19.1 Å². The summed E-state index contributed by atoms with van der Waals surface area (Å²) in [7, 11) is 0. The van der Waals surface area contributed by atoms with Gasteiger partial charge in [-0.3, -0.25) is 9.79 Å². The lowest BCUT2D eigenvalue weighted by Gasteiger charge is -2.24. The van der Waals surface area contributed by atoms with Crippen LogP contribution in [0.5, 0.6) is 0 Å². The van der Waals surface area contributed by atoms with Gasteiger partial charge in [-0.1, -0.05) is 60.7 Å². The predicted molar refractivity (Wildman–Crippen MR) is 123 cm³/mol. The first-order chi connectivity index (χ1) is 14.4. The average molecular weight is 424 g/mol. The lowest BCUT2D eigenvalue weighted by atomic mass is 10.0. The van der Waals surface area contributed by atoms with Gasteiger partial charge in [0.25, 0.3) is 0 Å². The Morgan fingerprint density at radius 2 is 1.23 bits per heavy atom. The van der Waals surface area contributed by atoms with Crippen molar-refractivity contribution in [1.29, 1.82) is 0 Å². The summed E-state index contributed by atoms with van der Waals surface area (Å²) < 4.78 is 11.0. The zero-order chi connectivity index (χ0) is 23.1. The van der Waals surface area contributed by atoms with Crippen molar-refractivity contribution in [2.75, 3.05) is 0 Å². The summed E-state index contributed by atoms with van der Waals surface area (Å²) in [5, 5.41) is 0.